The van der Waals surface area contributed by atoms with E-state index in [1.807, 2.05) is 30.3 Å². The van der Waals surface area contributed by atoms with Gasteiger partial charge in [-0.25, -0.2) is 0 Å². The number of nitrogens with one attached hydrogen (secondary N) is 3. The molecule has 0 radical (unpaired) electrons. The van der Waals surface area contributed by atoms with E-state index in [0.717, 1.165) is 31.2 Å². The van der Waals surface area contributed by atoms with Crippen molar-refractivity contribution in [1.29, 1.82) is 0 Å². The molecule has 2 atom stereocenters. The van der Waals surface area contributed by atoms with Crippen molar-refractivity contribution >= 4 is 23.4 Å². The summed E-state index contributed by atoms with van der Waals surface area (Å²) in [4.78, 5) is 37.4. The lowest BCUT2D eigenvalue weighted by molar-refractivity contribution is -0.137. The van der Waals surface area contributed by atoms with Gasteiger partial charge in [0.25, 0.3) is 5.91 Å². The number of carbonyl (C=O) groups excluding carboxylic acids is 3. The van der Waals surface area contributed by atoms with Crippen LogP contribution in [0.5, 0.6) is 0 Å². The third kappa shape index (κ3) is 5.92. The van der Waals surface area contributed by atoms with Gasteiger partial charge in [-0.2, -0.15) is 0 Å². The Kier molecular flexibility index (Phi) is 7.60. The predicted molar refractivity (Wildman–Crippen MR) is 117 cm³/mol. The van der Waals surface area contributed by atoms with Crippen molar-refractivity contribution in [3.63, 3.8) is 0 Å². The Morgan fingerprint density at radius 3 is 2.37 bits per heavy atom. The van der Waals surface area contributed by atoms with Crippen molar-refractivity contribution in [3.8, 4) is 0 Å². The van der Waals surface area contributed by atoms with Crippen molar-refractivity contribution < 1.29 is 14.4 Å². The maximum atomic E-state index is 12.6. The summed E-state index contributed by atoms with van der Waals surface area (Å²) in [5, 5.41) is 8.30. The van der Waals surface area contributed by atoms with Crippen LogP contribution in [-0.2, 0) is 16.0 Å². The number of anilines is 1. The highest BCUT2D eigenvalue weighted by Gasteiger charge is 2.26. The van der Waals surface area contributed by atoms with Crippen LogP contribution in [0.25, 0.3) is 0 Å². The average Bonchev–Trinajstić information content (AvgIpc) is 2.76. The van der Waals surface area contributed by atoms with Crippen LogP contribution in [-0.4, -0.2) is 30.3 Å². The van der Waals surface area contributed by atoms with E-state index in [0.29, 0.717) is 30.1 Å². The zero-order chi connectivity index (χ0) is 21.3. The third-order valence-corrected chi connectivity index (χ3v) is 5.60. The van der Waals surface area contributed by atoms with Crippen LogP contribution in [0, 0.1) is 5.92 Å². The number of benzene rings is 2. The first-order chi connectivity index (χ1) is 14.5. The largest absolute Gasteiger partial charge is 0.352 e. The van der Waals surface area contributed by atoms with Gasteiger partial charge >= 0.3 is 11.8 Å². The first-order valence-electron chi connectivity index (χ1n) is 10.6. The molecule has 0 saturated heterocycles. The van der Waals surface area contributed by atoms with Crippen LogP contribution in [0.4, 0.5) is 5.69 Å². The summed E-state index contributed by atoms with van der Waals surface area (Å²) in [6.07, 6.45) is 4.87. The molecule has 158 valence electrons. The molecule has 6 nitrogen and oxygen atoms in total. The zero-order valence-electron chi connectivity index (χ0n) is 17.3. The Hall–Kier alpha value is -3.15. The maximum absolute atomic E-state index is 12.6. The third-order valence-electron chi connectivity index (χ3n) is 5.60. The van der Waals surface area contributed by atoms with E-state index >= 15 is 0 Å². The van der Waals surface area contributed by atoms with Crippen molar-refractivity contribution in [2.24, 2.45) is 5.92 Å². The van der Waals surface area contributed by atoms with E-state index in [9.17, 15) is 14.4 Å². The van der Waals surface area contributed by atoms with Gasteiger partial charge in [-0.1, -0.05) is 62.2 Å². The molecule has 2 aromatic rings. The molecule has 0 heterocycles. The second-order valence-electron chi connectivity index (χ2n) is 7.83. The van der Waals surface area contributed by atoms with Crippen molar-refractivity contribution in [1.82, 2.24) is 10.6 Å². The van der Waals surface area contributed by atoms with Crippen LogP contribution in [0.3, 0.4) is 0 Å². The fourth-order valence-electron chi connectivity index (χ4n) is 3.79. The molecule has 3 amide bonds. The first-order valence-corrected chi connectivity index (χ1v) is 10.6. The van der Waals surface area contributed by atoms with Crippen molar-refractivity contribution in [2.45, 2.75) is 45.1 Å². The second-order valence-corrected chi connectivity index (χ2v) is 7.83. The molecule has 30 heavy (non-hydrogen) atoms. The lowest BCUT2D eigenvalue weighted by Crippen LogP contribution is -2.46. The lowest BCUT2D eigenvalue weighted by atomic mass is 9.86. The molecule has 3 N–H and O–H groups in total. The van der Waals surface area contributed by atoms with E-state index in [4.69, 9.17) is 0 Å². The van der Waals surface area contributed by atoms with Gasteiger partial charge in [-0.15, -0.1) is 0 Å². The molecule has 1 fully saturated rings. The van der Waals surface area contributed by atoms with E-state index in [1.54, 1.807) is 24.3 Å². The summed E-state index contributed by atoms with van der Waals surface area (Å²) in [7, 11) is 0. The fraction of sp³-hybridized carbons (Fsp3) is 0.375. The summed E-state index contributed by atoms with van der Waals surface area (Å²) in [6.45, 7) is 2.57. The van der Waals surface area contributed by atoms with Gasteiger partial charge in [-0.3, -0.25) is 14.4 Å². The number of carbonyl (C=O) groups is 3. The standard InChI is InChI=1S/C24H29N3O3/c1-17-9-5-7-13-20(17)26-23(29)24(30)27-21-14-8-6-12-19(21)22(28)25-16-15-18-10-3-2-4-11-18/h2-4,6,8,10-12,14,17,20H,5,7,9,13,15-16H2,1H3,(H,25,28)(H,26,29)(H,27,30)/t17-,20+/m0/s1. The van der Waals surface area contributed by atoms with E-state index in [1.165, 1.54) is 0 Å². The Morgan fingerprint density at radius 2 is 1.60 bits per heavy atom. The Labute approximate surface area is 177 Å². The number of hydrogen-bond acceptors (Lipinski definition) is 3. The SMILES string of the molecule is C[C@H]1CCCC[C@H]1NC(=O)C(=O)Nc1ccccc1C(=O)NCCc1ccccc1. The highest BCUT2D eigenvalue weighted by molar-refractivity contribution is 6.40. The topological polar surface area (TPSA) is 87.3 Å². The van der Waals surface area contributed by atoms with Gasteiger partial charge in [0.1, 0.15) is 0 Å². The van der Waals surface area contributed by atoms with Gasteiger partial charge in [0.05, 0.1) is 11.3 Å². The Balaban J connectivity index is 1.56. The minimum absolute atomic E-state index is 0.0218. The Morgan fingerprint density at radius 1 is 0.900 bits per heavy atom. The molecule has 3 rings (SSSR count). The molecule has 0 aliphatic heterocycles. The molecule has 1 aliphatic carbocycles. The molecule has 2 aromatic carbocycles. The predicted octanol–water partition coefficient (Wildman–Crippen LogP) is 3.29. The van der Waals surface area contributed by atoms with Crippen LogP contribution in [0.2, 0.25) is 0 Å². The van der Waals surface area contributed by atoms with Gasteiger partial charge in [0.2, 0.25) is 0 Å². The number of para-hydroxylation sites is 1. The molecule has 1 saturated carbocycles. The highest BCUT2D eigenvalue weighted by Crippen LogP contribution is 2.23. The summed E-state index contributed by atoms with van der Waals surface area (Å²) in [5.41, 5.74) is 1.79. The first kappa shape index (κ1) is 21.6. The van der Waals surface area contributed by atoms with Gasteiger partial charge in [-0.05, 0) is 42.9 Å². The minimum Gasteiger partial charge on any atom is -0.352 e. The highest BCUT2D eigenvalue weighted by atomic mass is 16.2. The van der Waals surface area contributed by atoms with Gasteiger partial charge in [0, 0.05) is 12.6 Å². The molecule has 1 aliphatic rings. The summed E-state index contributed by atoms with van der Waals surface area (Å²) in [5.74, 6) is -1.34. The normalized spacial score (nSPS) is 18.3. The van der Waals surface area contributed by atoms with Crippen molar-refractivity contribution in [3.05, 3.63) is 65.7 Å². The molecular weight excluding hydrogens is 378 g/mol. The smallest absolute Gasteiger partial charge is 0.313 e. The quantitative estimate of drug-likeness (QED) is 0.642. The minimum atomic E-state index is -0.752. The fourth-order valence-corrected chi connectivity index (χ4v) is 3.79. The van der Waals surface area contributed by atoms with Crippen LogP contribution in [0.15, 0.2) is 54.6 Å². The van der Waals surface area contributed by atoms with E-state index < -0.39 is 11.8 Å². The molecule has 6 heteroatoms. The number of amides is 3. The second kappa shape index (κ2) is 10.6. The van der Waals surface area contributed by atoms with Crippen LogP contribution in [0.1, 0.15) is 48.5 Å². The van der Waals surface area contributed by atoms with Gasteiger partial charge in [0.15, 0.2) is 0 Å². The molecule has 0 spiro atoms. The molecule has 0 bridgehead atoms. The zero-order valence-corrected chi connectivity index (χ0v) is 17.3. The van der Waals surface area contributed by atoms with Crippen LogP contribution < -0.4 is 16.0 Å². The van der Waals surface area contributed by atoms with E-state index in [-0.39, 0.29) is 11.9 Å². The molecule has 0 unspecified atom stereocenters. The lowest BCUT2D eigenvalue weighted by Gasteiger charge is -2.29. The summed E-state index contributed by atoms with van der Waals surface area (Å²) < 4.78 is 0. The van der Waals surface area contributed by atoms with Crippen LogP contribution >= 0.6 is 0 Å². The maximum Gasteiger partial charge on any atom is 0.313 e. The number of rotatable bonds is 6. The van der Waals surface area contributed by atoms with E-state index in [2.05, 4.69) is 22.9 Å². The summed E-state index contributed by atoms with van der Waals surface area (Å²) >= 11 is 0. The molecular formula is C24H29N3O3. The molecule has 0 aromatic heterocycles. The van der Waals surface area contributed by atoms with Crippen molar-refractivity contribution in [2.75, 3.05) is 11.9 Å². The Bertz CT molecular complexity index is 882. The average molecular weight is 408 g/mol. The van der Waals surface area contributed by atoms with Gasteiger partial charge < -0.3 is 16.0 Å². The summed E-state index contributed by atoms with van der Waals surface area (Å²) in [6, 6.07) is 16.6. The number of hydrogen-bond donors (Lipinski definition) is 3. The monoisotopic (exact) mass is 407 g/mol.